The number of hydrogen-bond donors (Lipinski definition) is 1. The van der Waals surface area contributed by atoms with E-state index < -0.39 is 10.1 Å². The number of halogens is 1. The zero-order valence-electron chi connectivity index (χ0n) is 16.8. The summed E-state index contributed by atoms with van der Waals surface area (Å²) in [6.07, 6.45) is 1.97. The van der Waals surface area contributed by atoms with Crippen LogP contribution in [0.15, 0.2) is 88.1 Å². The summed E-state index contributed by atoms with van der Waals surface area (Å²) in [4.78, 5) is 0.0291. The largest absolute Gasteiger partial charge is 1.00 e. The van der Waals surface area contributed by atoms with Crippen molar-refractivity contribution >= 4 is 38.1 Å². The fraction of sp³-hybridized carbons (Fsp3) is 0.0952. The molecule has 0 spiro atoms. The number of fused-ring (bicyclic) bond motifs is 1. The van der Waals surface area contributed by atoms with Crippen LogP contribution >= 0.6 is 0 Å². The van der Waals surface area contributed by atoms with E-state index in [2.05, 4.69) is 10.2 Å². The van der Waals surface area contributed by atoms with Crippen LogP contribution in [0, 0.1) is 0 Å². The van der Waals surface area contributed by atoms with Crippen molar-refractivity contribution < 1.29 is 29.7 Å². The fourth-order valence-electron chi connectivity index (χ4n) is 3.04. The molecular weight excluding hydrogens is 438 g/mol. The highest BCUT2D eigenvalue weighted by atomic mass is 35.5. The van der Waals surface area contributed by atoms with Gasteiger partial charge in [-0.3, -0.25) is 0 Å². The summed E-state index contributed by atoms with van der Waals surface area (Å²) in [5.74, 6) is 0.251. The van der Waals surface area contributed by atoms with Crippen LogP contribution in [-0.4, -0.2) is 13.1 Å². The number of para-hydroxylation sites is 1. The van der Waals surface area contributed by atoms with Gasteiger partial charge in [0.15, 0.2) is 7.05 Å². The first kappa shape index (κ1) is 22.3. The van der Waals surface area contributed by atoms with E-state index in [1.54, 1.807) is 48.5 Å². The smallest absolute Gasteiger partial charge is 0.339 e. The van der Waals surface area contributed by atoms with Gasteiger partial charge < -0.3 is 22.3 Å². The van der Waals surface area contributed by atoms with E-state index in [4.69, 9.17) is 9.92 Å². The van der Waals surface area contributed by atoms with Crippen molar-refractivity contribution in [1.82, 2.24) is 4.68 Å². The van der Waals surface area contributed by atoms with E-state index >= 15 is 0 Å². The van der Waals surface area contributed by atoms with Gasteiger partial charge in [-0.25, -0.2) is 0 Å². The summed E-state index contributed by atoms with van der Waals surface area (Å²) in [7, 11) is -0.0997. The van der Waals surface area contributed by atoms with E-state index in [9.17, 15) is 8.42 Å². The number of hydrogen-bond acceptors (Lipinski definition) is 6. The molecule has 0 aliphatic heterocycles. The van der Waals surface area contributed by atoms with Crippen LogP contribution in [0.3, 0.4) is 0 Å². The molecule has 1 aromatic heterocycles. The molecule has 0 saturated carbocycles. The highest BCUT2D eigenvalue weighted by molar-refractivity contribution is 7.87. The van der Waals surface area contributed by atoms with Gasteiger partial charge >= 0.3 is 10.1 Å². The molecule has 4 rings (SSSR count). The van der Waals surface area contributed by atoms with Gasteiger partial charge in [0, 0.05) is 0 Å². The third-order valence-electron chi connectivity index (χ3n) is 4.68. The van der Waals surface area contributed by atoms with Crippen molar-refractivity contribution in [3.05, 3.63) is 72.9 Å². The first-order valence-electron chi connectivity index (χ1n) is 9.10. The summed E-state index contributed by atoms with van der Waals surface area (Å²) < 4.78 is 33.8. The molecule has 0 amide bonds. The molecule has 0 bridgehead atoms. The van der Waals surface area contributed by atoms with Gasteiger partial charge in [0.2, 0.25) is 6.20 Å². The molecule has 31 heavy (non-hydrogen) atoms. The lowest BCUT2D eigenvalue weighted by molar-refractivity contribution is -0.748. The topological polar surface area (TPSA) is 103 Å². The second-order valence-corrected chi connectivity index (χ2v) is 8.26. The minimum Gasteiger partial charge on any atom is -1.00 e. The molecule has 160 valence electrons. The second kappa shape index (κ2) is 8.75. The van der Waals surface area contributed by atoms with E-state index in [1.165, 1.54) is 12.1 Å². The normalized spacial score (nSPS) is 11.5. The Bertz CT molecular complexity index is 1350. The molecule has 0 aliphatic rings. The van der Waals surface area contributed by atoms with E-state index in [0.717, 1.165) is 10.9 Å². The maximum atomic E-state index is 12.4. The quantitative estimate of drug-likeness (QED) is 0.207. The number of rotatable bonds is 5. The summed E-state index contributed by atoms with van der Waals surface area (Å²) >= 11 is 0. The zero-order valence-corrected chi connectivity index (χ0v) is 18.4. The fourth-order valence-corrected chi connectivity index (χ4v) is 3.97. The minimum absolute atomic E-state index is 0. The van der Waals surface area contributed by atoms with Gasteiger partial charge in [-0.2, -0.15) is 18.2 Å². The molecule has 0 fully saturated rings. The molecule has 8 nitrogen and oxygen atoms in total. The molecule has 10 heteroatoms. The van der Waals surface area contributed by atoms with Crippen molar-refractivity contribution in [2.24, 2.45) is 24.3 Å². The molecule has 2 N–H and O–H groups in total. The second-order valence-electron chi connectivity index (χ2n) is 6.71. The number of nitrogen functional groups attached to an aromatic ring is 1. The first-order valence-corrected chi connectivity index (χ1v) is 10.5. The highest BCUT2D eigenvalue weighted by Crippen LogP contribution is 2.33. The average Bonchev–Trinajstić information content (AvgIpc) is 3.02. The number of nitrogens with two attached hydrogens (primary N) is 1. The van der Waals surface area contributed by atoms with Gasteiger partial charge in [0.1, 0.15) is 21.8 Å². The number of benzene rings is 3. The molecule has 3 aromatic carbocycles. The standard InChI is InChI=1S/C21H19N5O3S.ClH/c1-25-14-15-8-13-19(22)20(21(15)26(25)2)24-23-16-9-11-18(12-10-16)30(27,28)29-17-6-4-3-5-7-17;/h3-14,22H,1-2H3;1H. The maximum absolute atomic E-state index is 12.4. The molecule has 0 atom stereocenters. The average molecular weight is 458 g/mol. The van der Waals surface area contributed by atoms with E-state index in [0.29, 0.717) is 17.1 Å². The van der Waals surface area contributed by atoms with E-state index in [-0.39, 0.29) is 23.1 Å². The Hall–Kier alpha value is -3.43. The van der Waals surface area contributed by atoms with Crippen molar-refractivity contribution in [2.75, 3.05) is 5.73 Å². The van der Waals surface area contributed by atoms with Crippen molar-refractivity contribution in [2.45, 2.75) is 4.90 Å². The van der Waals surface area contributed by atoms with Gasteiger partial charge in [0.05, 0.1) is 23.8 Å². The first-order chi connectivity index (χ1) is 14.3. The van der Waals surface area contributed by atoms with Crippen LogP contribution in [0.5, 0.6) is 5.75 Å². The predicted molar refractivity (Wildman–Crippen MR) is 113 cm³/mol. The lowest BCUT2D eigenvalue weighted by Crippen LogP contribution is -3.00. The Morgan fingerprint density at radius 2 is 1.65 bits per heavy atom. The SMILES string of the molecule is Cn1c2c(N=Nc3ccc(S(=O)(=O)Oc4ccccc4)cc3)c(N)ccc2c[n+]1C.[Cl-]. The third-order valence-corrected chi connectivity index (χ3v) is 5.94. The Labute approximate surface area is 186 Å². The predicted octanol–water partition coefficient (Wildman–Crippen LogP) is 0.772. The maximum Gasteiger partial charge on any atom is 0.339 e. The molecule has 0 aliphatic carbocycles. The molecule has 0 saturated heterocycles. The van der Waals surface area contributed by atoms with Gasteiger partial charge in [0.25, 0.3) is 0 Å². The molecule has 1 heterocycles. The Morgan fingerprint density at radius 3 is 2.32 bits per heavy atom. The number of aryl methyl sites for hydroxylation is 2. The Morgan fingerprint density at radius 1 is 0.968 bits per heavy atom. The molecule has 0 radical (unpaired) electrons. The van der Waals surface area contributed by atoms with Crippen LogP contribution in [0.4, 0.5) is 17.1 Å². The van der Waals surface area contributed by atoms with Gasteiger partial charge in [-0.05, 0) is 48.5 Å². The number of anilines is 1. The summed E-state index contributed by atoms with van der Waals surface area (Å²) in [6, 6.07) is 18.0. The Balaban J connectivity index is 0.00000272. The van der Waals surface area contributed by atoms with Gasteiger partial charge in [-0.15, -0.1) is 9.80 Å². The third kappa shape index (κ3) is 4.52. The van der Waals surface area contributed by atoms with Crippen molar-refractivity contribution in [3.63, 3.8) is 0 Å². The Kier molecular flexibility index (Phi) is 6.28. The van der Waals surface area contributed by atoms with Crippen molar-refractivity contribution in [1.29, 1.82) is 0 Å². The van der Waals surface area contributed by atoms with Crippen LogP contribution in [0.2, 0.25) is 0 Å². The van der Waals surface area contributed by atoms with E-state index in [1.807, 2.05) is 35.7 Å². The van der Waals surface area contributed by atoms with Crippen LogP contribution in [0.1, 0.15) is 0 Å². The lowest BCUT2D eigenvalue weighted by Gasteiger charge is -2.06. The summed E-state index contributed by atoms with van der Waals surface area (Å²) in [5.41, 5.74) is 8.52. The van der Waals surface area contributed by atoms with Crippen molar-refractivity contribution in [3.8, 4) is 5.75 Å². The minimum atomic E-state index is -3.93. The van der Waals surface area contributed by atoms with Crippen LogP contribution in [-0.2, 0) is 24.2 Å². The number of nitrogens with zero attached hydrogens (tertiary/aromatic N) is 4. The summed E-state index contributed by atoms with van der Waals surface area (Å²) in [6.45, 7) is 0. The van der Waals surface area contributed by atoms with Crippen LogP contribution in [0.25, 0.3) is 10.9 Å². The zero-order chi connectivity index (χ0) is 21.3. The number of azo groups is 1. The highest BCUT2D eigenvalue weighted by Gasteiger charge is 2.17. The summed E-state index contributed by atoms with van der Waals surface area (Å²) in [5, 5.41) is 9.54. The molecular formula is C21H20ClN5O3S. The molecule has 0 unspecified atom stereocenters. The molecule has 4 aromatic rings. The lowest BCUT2D eigenvalue weighted by atomic mass is 10.2. The number of aromatic nitrogens is 2. The van der Waals surface area contributed by atoms with Gasteiger partial charge in [-0.1, -0.05) is 18.2 Å². The monoisotopic (exact) mass is 457 g/mol. The van der Waals surface area contributed by atoms with Crippen LogP contribution < -0.4 is 27.0 Å².